The Kier molecular flexibility index (Phi) is 5.27. The average molecular weight is 745 g/mol. The van der Waals surface area contributed by atoms with Crippen LogP contribution >= 0.6 is 11.3 Å². The number of rotatable bonds is 6. The molecule has 3 heterocycles. The van der Waals surface area contributed by atoms with Crippen molar-refractivity contribution in [2.45, 2.75) is 0 Å². The number of para-hydroxylation sites is 1. The number of nitrogens with zero attached hydrogens (tertiary/aromatic N) is 4. The topological polar surface area (TPSA) is 43.6 Å². The Balaban J connectivity index is 1.25. The first-order chi connectivity index (χ1) is 32.7. The number of benzene rings is 8. The Morgan fingerprint density at radius 1 is 0.411 bits per heavy atom. The second-order valence-electron chi connectivity index (χ2n) is 13.1. The monoisotopic (exact) mass is 744 g/mol. The summed E-state index contributed by atoms with van der Waals surface area (Å²) in [5.74, 6) is 0.867. The summed E-state index contributed by atoms with van der Waals surface area (Å²) in [6.45, 7) is 0. The van der Waals surface area contributed by atoms with Gasteiger partial charge in [0.1, 0.15) is 0 Å². The maximum absolute atomic E-state index is 9.79. The number of fused-ring (bicyclic) bond motifs is 6. The Hall–Kier alpha value is -7.21. The van der Waals surface area contributed by atoms with Gasteiger partial charge in [0.05, 0.1) is 33.2 Å². The normalized spacial score (nSPS) is 14.6. The summed E-state index contributed by atoms with van der Waals surface area (Å²) in [5, 5.41) is 2.03. The molecule has 0 unspecified atom stereocenters. The fourth-order valence-corrected chi connectivity index (χ4v) is 8.32. The predicted molar refractivity (Wildman–Crippen MR) is 234 cm³/mol. The van der Waals surface area contributed by atoms with Gasteiger partial charge in [0, 0.05) is 53.2 Å². The molecule has 4 nitrogen and oxygen atoms in total. The lowest BCUT2D eigenvalue weighted by atomic mass is 9.99. The number of hydrogen-bond acceptors (Lipinski definition) is 4. The summed E-state index contributed by atoms with van der Waals surface area (Å²) in [5.41, 5.74) is 1.93. The molecular weight excluding hydrogens is 701 g/mol. The van der Waals surface area contributed by atoms with Gasteiger partial charge in [-0.25, -0.2) is 15.0 Å². The highest BCUT2D eigenvalue weighted by Crippen LogP contribution is 2.40. The van der Waals surface area contributed by atoms with Gasteiger partial charge in [-0.1, -0.05) is 151 Å². The van der Waals surface area contributed by atoms with E-state index in [-0.39, 0.29) is 68.1 Å². The molecule has 262 valence electrons. The number of aromatic nitrogens is 4. The zero-order valence-corrected chi connectivity index (χ0v) is 30.1. The lowest BCUT2D eigenvalue weighted by molar-refractivity contribution is 1.07. The van der Waals surface area contributed by atoms with Crippen LogP contribution in [0.3, 0.4) is 0 Å². The molecule has 11 rings (SSSR count). The molecule has 0 atom stereocenters. The standard InChI is InChI=1S/C51H32N4S/c1-4-14-33(15-5-1)36-24-27-40-39-20-10-12-22-44(39)55(46(40)31-36)45-29-26-37(30-43(45)34-16-6-2-7-17-34)50-52-49(35-18-8-3-9-19-35)53-51(54-50)38-25-28-42-41-21-11-13-23-47(41)56-48(42)32-38/h1-32H/i2D,6D,7D,10D,12D,16D,17D,20D,22D,24D,27D,31D. The van der Waals surface area contributed by atoms with Crippen molar-refractivity contribution in [2.75, 3.05) is 0 Å². The molecular formula is C51H32N4S. The average Bonchev–Trinajstić information content (AvgIpc) is 3.93. The maximum Gasteiger partial charge on any atom is 0.164 e. The minimum absolute atomic E-state index is 0.0165. The Morgan fingerprint density at radius 2 is 1.04 bits per heavy atom. The van der Waals surface area contributed by atoms with Crippen LogP contribution in [0, 0.1) is 0 Å². The second-order valence-corrected chi connectivity index (χ2v) is 14.2. The van der Waals surface area contributed by atoms with Crippen LogP contribution in [0.1, 0.15) is 16.4 Å². The zero-order chi connectivity index (χ0) is 47.4. The van der Waals surface area contributed by atoms with Gasteiger partial charge in [0.2, 0.25) is 0 Å². The van der Waals surface area contributed by atoms with E-state index in [1.165, 1.54) is 4.57 Å². The first-order valence-corrected chi connectivity index (χ1v) is 18.6. The van der Waals surface area contributed by atoms with Gasteiger partial charge in [0.15, 0.2) is 17.5 Å². The highest BCUT2D eigenvalue weighted by Gasteiger charge is 2.19. The summed E-state index contributed by atoms with van der Waals surface area (Å²) >= 11 is 1.65. The van der Waals surface area contributed by atoms with Crippen LogP contribution in [0.15, 0.2) is 194 Å². The van der Waals surface area contributed by atoms with E-state index in [0.717, 1.165) is 20.2 Å². The maximum atomic E-state index is 9.79. The van der Waals surface area contributed by atoms with Gasteiger partial charge in [-0.15, -0.1) is 11.3 Å². The van der Waals surface area contributed by atoms with Crippen molar-refractivity contribution in [3.05, 3.63) is 194 Å². The van der Waals surface area contributed by atoms with Crippen molar-refractivity contribution in [3.63, 3.8) is 0 Å². The molecule has 8 aromatic carbocycles. The van der Waals surface area contributed by atoms with Gasteiger partial charge in [-0.2, -0.15) is 0 Å². The molecule has 11 aromatic rings. The van der Waals surface area contributed by atoms with Crippen LogP contribution in [0.5, 0.6) is 0 Å². The Labute approximate surface area is 344 Å². The third kappa shape index (κ3) is 5.48. The first kappa shape index (κ1) is 22.2. The summed E-state index contributed by atoms with van der Waals surface area (Å²) < 4.78 is 112. The number of hydrogen-bond donors (Lipinski definition) is 0. The quantitative estimate of drug-likeness (QED) is 0.170. The van der Waals surface area contributed by atoms with Crippen LogP contribution in [0.2, 0.25) is 0 Å². The lowest BCUT2D eigenvalue weighted by Gasteiger charge is -2.16. The van der Waals surface area contributed by atoms with Crippen molar-refractivity contribution >= 4 is 53.3 Å². The largest absolute Gasteiger partial charge is 0.309 e. The van der Waals surface area contributed by atoms with Crippen LogP contribution in [0.25, 0.3) is 104 Å². The van der Waals surface area contributed by atoms with Gasteiger partial charge >= 0.3 is 0 Å². The van der Waals surface area contributed by atoms with E-state index < -0.39 is 54.4 Å². The smallest absolute Gasteiger partial charge is 0.164 e. The molecule has 0 N–H and O–H groups in total. The van der Waals surface area contributed by atoms with E-state index in [4.69, 9.17) is 23.2 Å². The lowest BCUT2D eigenvalue weighted by Crippen LogP contribution is -2.02. The van der Waals surface area contributed by atoms with Crippen LogP contribution in [-0.4, -0.2) is 19.5 Å². The van der Waals surface area contributed by atoms with Crippen molar-refractivity contribution in [1.82, 2.24) is 19.5 Å². The molecule has 0 radical (unpaired) electrons. The Bertz CT molecular complexity index is 3920. The fourth-order valence-electron chi connectivity index (χ4n) is 7.17. The molecule has 56 heavy (non-hydrogen) atoms. The summed E-state index contributed by atoms with van der Waals surface area (Å²) in [6, 6.07) is 30.8. The highest BCUT2D eigenvalue weighted by atomic mass is 32.1. The molecule has 0 fully saturated rings. The van der Waals surface area contributed by atoms with Crippen LogP contribution in [-0.2, 0) is 0 Å². The zero-order valence-electron chi connectivity index (χ0n) is 41.2. The highest BCUT2D eigenvalue weighted by molar-refractivity contribution is 7.25. The molecule has 0 aliphatic rings. The van der Waals surface area contributed by atoms with Crippen molar-refractivity contribution in [2.24, 2.45) is 0 Å². The third-order valence-electron chi connectivity index (χ3n) is 9.79. The van der Waals surface area contributed by atoms with E-state index in [1.54, 1.807) is 59.9 Å². The molecule has 0 bridgehead atoms. The van der Waals surface area contributed by atoms with Crippen molar-refractivity contribution < 1.29 is 16.4 Å². The third-order valence-corrected chi connectivity index (χ3v) is 10.9. The molecule has 0 aliphatic carbocycles. The summed E-state index contributed by atoms with van der Waals surface area (Å²) in [6.07, 6.45) is 0. The van der Waals surface area contributed by atoms with Gasteiger partial charge in [0.25, 0.3) is 0 Å². The predicted octanol–water partition coefficient (Wildman–Crippen LogP) is 13.7. The molecule has 0 saturated heterocycles. The van der Waals surface area contributed by atoms with Gasteiger partial charge in [-0.05, 0) is 59.1 Å². The van der Waals surface area contributed by atoms with Gasteiger partial charge < -0.3 is 4.57 Å². The molecule has 0 aliphatic heterocycles. The van der Waals surface area contributed by atoms with E-state index >= 15 is 0 Å². The minimum atomic E-state index is -0.625. The van der Waals surface area contributed by atoms with E-state index in [2.05, 4.69) is 12.1 Å². The second kappa shape index (κ2) is 13.3. The molecule has 0 spiro atoms. The first-order valence-electron chi connectivity index (χ1n) is 23.8. The fraction of sp³-hybridized carbons (Fsp3) is 0. The van der Waals surface area contributed by atoms with E-state index in [9.17, 15) is 8.22 Å². The van der Waals surface area contributed by atoms with Crippen LogP contribution < -0.4 is 0 Å². The molecule has 0 saturated carbocycles. The van der Waals surface area contributed by atoms with Crippen LogP contribution in [0.4, 0.5) is 0 Å². The summed E-state index contributed by atoms with van der Waals surface area (Å²) in [4.78, 5) is 14.9. The molecule has 5 heteroatoms. The van der Waals surface area contributed by atoms with E-state index in [0.29, 0.717) is 33.9 Å². The summed E-state index contributed by atoms with van der Waals surface area (Å²) in [7, 11) is 0. The van der Waals surface area contributed by atoms with Crippen molar-refractivity contribution in [1.29, 1.82) is 0 Å². The van der Waals surface area contributed by atoms with Gasteiger partial charge in [-0.3, -0.25) is 0 Å². The Morgan fingerprint density at radius 3 is 1.84 bits per heavy atom. The van der Waals surface area contributed by atoms with E-state index in [1.807, 2.05) is 60.7 Å². The number of thiophene rings is 1. The molecule has 3 aromatic heterocycles. The molecule has 0 amide bonds. The minimum Gasteiger partial charge on any atom is -0.309 e. The van der Waals surface area contributed by atoms with Crippen molar-refractivity contribution in [3.8, 4) is 62.1 Å². The SMILES string of the molecule is [2H]c1c([2H])c([2H])c(-c2cc(-c3nc(-c4ccccc4)nc(-c4ccc5c(c4)sc4ccccc45)n3)ccc2-n2c3c([2H])c([2H])c([2H])c([2H])c3c3c([2H])c([2H])c(-c4ccccc4)c([2H])c32)c([2H])c1[2H].